The molecule has 2 rings (SSSR count). The van der Waals surface area contributed by atoms with Gasteiger partial charge in [-0.3, -0.25) is 4.79 Å². The molecule has 2 aliphatic heterocycles. The van der Waals surface area contributed by atoms with Gasteiger partial charge in [0.15, 0.2) is 12.6 Å². The third kappa shape index (κ3) is 28.6. The van der Waals surface area contributed by atoms with Crippen LogP contribution >= 0.6 is 0 Å². The lowest BCUT2D eigenvalue weighted by Gasteiger charge is -2.46. The molecule has 0 aromatic heterocycles. The number of carbonyl (C=O) groups is 1. The minimum absolute atomic E-state index is 0.251. The number of amides is 1. The number of unbranched alkanes of at least 4 members (excludes halogenated alkanes) is 27. The summed E-state index contributed by atoms with van der Waals surface area (Å²) in [6.07, 6.45) is 33.2. The van der Waals surface area contributed by atoms with Crippen molar-refractivity contribution in [1.29, 1.82) is 0 Å². The van der Waals surface area contributed by atoms with Crippen LogP contribution in [0.15, 0.2) is 36.5 Å². The fourth-order valence-corrected chi connectivity index (χ4v) is 9.21. The van der Waals surface area contributed by atoms with Gasteiger partial charge in [-0.25, -0.2) is 0 Å². The Hall–Kier alpha value is -1.79. The molecule has 14 nitrogen and oxygen atoms in total. The minimum atomic E-state index is -1.79. The van der Waals surface area contributed by atoms with Crippen molar-refractivity contribution in [2.45, 2.75) is 293 Å². The number of nitrogens with one attached hydrogen (secondary N) is 1. The van der Waals surface area contributed by atoms with E-state index in [4.69, 9.17) is 18.9 Å². The van der Waals surface area contributed by atoms with Crippen molar-refractivity contribution in [3.05, 3.63) is 36.5 Å². The molecular formula is C56H103NO13. The zero-order valence-electron chi connectivity index (χ0n) is 43.8. The Labute approximate surface area is 423 Å². The fraction of sp³-hybridized carbons (Fsp3) is 0.875. The standard InChI is InChI=1S/C56H103NO13/c1-3-5-7-9-11-13-15-17-19-21-23-25-27-29-31-33-35-37-39-45(60)44(57-48(61)40-38-36-34-32-30-28-26-24-22-20-18-16-14-12-10-8-6-4-2)43-67-55-53(66)51(64)54(47(42-59)69-55)70-56-52(65)50(63)49(62)46(41-58)68-56/h21,23,29,31,37,39,44-47,49-56,58-60,62-66H,3-20,22,24-28,30,32-36,38,40-43H2,1-2H3,(H,57,61)/b23-21+,31-29+,39-37+. The predicted octanol–water partition coefficient (Wildman–Crippen LogP) is 8.66. The first-order chi connectivity index (χ1) is 34.1. The highest BCUT2D eigenvalue weighted by Gasteiger charge is 2.51. The van der Waals surface area contributed by atoms with Crippen LogP contribution in [0.5, 0.6) is 0 Å². The highest BCUT2D eigenvalue weighted by Crippen LogP contribution is 2.30. The summed E-state index contributed by atoms with van der Waals surface area (Å²) in [5.41, 5.74) is 0. The minimum Gasteiger partial charge on any atom is -0.394 e. The van der Waals surface area contributed by atoms with Gasteiger partial charge in [0.05, 0.1) is 32.0 Å². The molecule has 70 heavy (non-hydrogen) atoms. The average Bonchev–Trinajstić information content (AvgIpc) is 3.36. The van der Waals surface area contributed by atoms with Gasteiger partial charge in [0, 0.05) is 6.42 Å². The topological polar surface area (TPSA) is 228 Å². The van der Waals surface area contributed by atoms with E-state index >= 15 is 0 Å². The van der Waals surface area contributed by atoms with Crippen LogP contribution in [-0.4, -0.2) is 140 Å². The molecule has 0 radical (unpaired) electrons. The largest absolute Gasteiger partial charge is 0.394 e. The lowest BCUT2D eigenvalue weighted by molar-refractivity contribution is -0.359. The Morgan fingerprint density at radius 2 is 0.914 bits per heavy atom. The van der Waals surface area contributed by atoms with Crippen LogP contribution in [0, 0.1) is 0 Å². The van der Waals surface area contributed by atoms with Crippen molar-refractivity contribution >= 4 is 5.91 Å². The first kappa shape index (κ1) is 64.3. The second kappa shape index (κ2) is 42.6. The van der Waals surface area contributed by atoms with Crippen molar-refractivity contribution in [1.82, 2.24) is 5.32 Å². The second-order valence-electron chi connectivity index (χ2n) is 20.1. The number of rotatable bonds is 44. The molecular weight excluding hydrogens is 895 g/mol. The molecule has 0 spiro atoms. The highest BCUT2D eigenvalue weighted by atomic mass is 16.7. The number of aliphatic hydroxyl groups excluding tert-OH is 8. The van der Waals surface area contributed by atoms with Gasteiger partial charge in [0.2, 0.25) is 5.91 Å². The number of carbonyl (C=O) groups excluding carboxylic acids is 1. The quantitative estimate of drug-likeness (QED) is 0.0206. The van der Waals surface area contributed by atoms with E-state index < -0.39 is 86.8 Å². The van der Waals surface area contributed by atoms with Crippen molar-refractivity contribution in [2.75, 3.05) is 19.8 Å². The van der Waals surface area contributed by atoms with Crippen LogP contribution in [0.4, 0.5) is 0 Å². The summed E-state index contributed by atoms with van der Waals surface area (Å²) < 4.78 is 22.7. The van der Waals surface area contributed by atoms with Crippen LogP contribution in [0.3, 0.4) is 0 Å². The van der Waals surface area contributed by atoms with Gasteiger partial charge in [0.1, 0.15) is 48.8 Å². The Bertz CT molecular complexity index is 1320. The number of allylic oxidation sites excluding steroid dienone is 5. The first-order valence-electron chi connectivity index (χ1n) is 28.2. The number of hydrogen-bond acceptors (Lipinski definition) is 13. The second-order valence-corrected chi connectivity index (χ2v) is 20.1. The van der Waals surface area contributed by atoms with Gasteiger partial charge in [-0.1, -0.05) is 204 Å². The monoisotopic (exact) mass is 998 g/mol. The number of aliphatic hydroxyl groups is 8. The number of ether oxygens (including phenoxy) is 4. The molecule has 410 valence electrons. The van der Waals surface area contributed by atoms with E-state index in [1.54, 1.807) is 6.08 Å². The Morgan fingerprint density at radius 3 is 1.40 bits per heavy atom. The van der Waals surface area contributed by atoms with Gasteiger partial charge in [0.25, 0.3) is 0 Å². The van der Waals surface area contributed by atoms with E-state index in [1.165, 1.54) is 141 Å². The molecule has 1 amide bonds. The number of hydrogen-bond donors (Lipinski definition) is 9. The van der Waals surface area contributed by atoms with Crippen LogP contribution in [0.2, 0.25) is 0 Å². The zero-order valence-corrected chi connectivity index (χ0v) is 43.8. The zero-order chi connectivity index (χ0) is 51.0. The van der Waals surface area contributed by atoms with E-state index in [9.17, 15) is 45.6 Å². The molecule has 2 aliphatic rings. The van der Waals surface area contributed by atoms with E-state index in [1.807, 2.05) is 6.08 Å². The molecule has 2 saturated heterocycles. The summed E-state index contributed by atoms with van der Waals surface area (Å²) in [5.74, 6) is -0.251. The molecule has 0 aromatic carbocycles. The maximum Gasteiger partial charge on any atom is 0.220 e. The van der Waals surface area contributed by atoms with E-state index in [0.717, 1.165) is 44.9 Å². The maximum absolute atomic E-state index is 13.2. The molecule has 2 heterocycles. The Morgan fingerprint density at radius 1 is 0.500 bits per heavy atom. The van der Waals surface area contributed by atoms with Gasteiger partial charge >= 0.3 is 0 Å². The van der Waals surface area contributed by atoms with Gasteiger partial charge in [-0.05, 0) is 44.9 Å². The summed E-state index contributed by atoms with van der Waals surface area (Å²) in [5, 5.41) is 86.9. The third-order valence-electron chi connectivity index (χ3n) is 13.8. The first-order valence-corrected chi connectivity index (χ1v) is 28.2. The summed E-state index contributed by atoms with van der Waals surface area (Å²) >= 11 is 0. The molecule has 0 aliphatic carbocycles. The van der Waals surface area contributed by atoms with Crippen LogP contribution < -0.4 is 5.32 Å². The third-order valence-corrected chi connectivity index (χ3v) is 13.8. The van der Waals surface area contributed by atoms with Gasteiger partial charge in [-0.15, -0.1) is 0 Å². The molecule has 9 N–H and O–H groups in total. The maximum atomic E-state index is 13.2. The van der Waals surface area contributed by atoms with Gasteiger partial charge < -0.3 is 65.1 Å². The summed E-state index contributed by atoms with van der Waals surface area (Å²) in [6, 6.07) is -0.934. The highest BCUT2D eigenvalue weighted by molar-refractivity contribution is 5.76. The molecule has 0 saturated carbocycles. The van der Waals surface area contributed by atoms with Crippen molar-refractivity contribution in [3.8, 4) is 0 Å². The summed E-state index contributed by atoms with van der Waals surface area (Å²) in [7, 11) is 0. The van der Waals surface area contributed by atoms with E-state index in [-0.39, 0.29) is 18.9 Å². The predicted molar refractivity (Wildman–Crippen MR) is 277 cm³/mol. The van der Waals surface area contributed by atoms with Gasteiger partial charge in [-0.2, -0.15) is 0 Å². The lowest BCUT2D eigenvalue weighted by Crippen LogP contribution is -2.65. The van der Waals surface area contributed by atoms with Crippen molar-refractivity contribution in [3.63, 3.8) is 0 Å². The average molecular weight is 998 g/mol. The normalized spacial score (nSPS) is 26.2. The molecule has 12 unspecified atom stereocenters. The lowest BCUT2D eigenvalue weighted by atomic mass is 9.97. The fourth-order valence-electron chi connectivity index (χ4n) is 9.21. The molecule has 2 fully saturated rings. The Kier molecular flexibility index (Phi) is 39.1. The van der Waals surface area contributed by atoms with Crippen LogP contribution in [0.1, 0.15) is 219 Å². The van der Waals surface area contributed by atoms with E-state index in [0.29, 0.717) is 12.8 Å². The Balaban J connectivity index is 1.83. The molecule has 0 aromatic rings. The van der Waals surface area contributed by atoms with Crippen molar-refractivity contribution in [2.24, 2.45) is 0 Å². The molecule has 12 atom stereocenters. The molecule has 14 heteroatoms. The van der Waals surface area contributed by atoms with Crippen molar-refractivity contribution < 1.29 is 64.6 Å². The van der Waals surface area contributed by atoms with E-state index in [2.05, 4.69) is 43.5 Å². The SMILES string of the molecule is CCCCCCCCCC/C=C/CC/C=C/CC/C=C/C(O)C(COC1OC(CO)C(OC2OC(CO)C(O)C(O)C2O)C(O)C1O)NC(=O)CCCCCCCCCCCCCCCCCCCC. The van der Waals surface area contributed by atoms with Crippen LogP contribution in [-0.2, 0) is 23.7 Å². The molecule has 0 bridgehead atoms. The van der Waals surface area contributed by atoms with Crippen LogP contribution in [0.25, 0.3) is 0 Å². The summed E-state index contributed by atoms with van der Waals surface area (Å²) in [4.78, 5) is 13.2. The summed E-state index contributed by atoms with van der Waals surface area (Å²) in [6.45, 7) is 2.78. The smallest absolute Gasteiger partial charge is 0.220 e.